The van der Waals surface area contributed by atoms with Gasteiger partial charge in [-0.15, -0.1) is 0 Å². The van der Waals surface area contributed by atoms with E-state index >= 15 is 0 Å². The fourth-order valence-corrected chi connectivity index (χ4v) is 4.47. The Labute approximate surface area is 201 Å². The number of carbonyl (C=O) groups excluding carboxylic acids is 2. The molecule has 0 aliphatic heterocycles. The van der Waals surface area contributed by atoms with Crippen molar-refractivity contribution >= 4 is 40.8 Å². The average Bonchev–Trinajstić information content (AvgIpc) is 3.08. The summed E-state index contributed by atoms with van der Waals surface area (Å²) in [5.41, 5.74) is 6.83. The molecular weight excluding hydrogens is 463 g/mol. The van der Waals surface area contributed by atoms with E-state index in [1.54, 1.807) is 25.1 Å². The van der Waals surface area contributed by atoms with Crippen molar-refractivity contribution in [3.63, 3.8) is 0 Å². The monoisotopic (exact) mass is 484 g/mol. The number of nitrogens with one attached hydrogen (secondary N) is 1. The first kappa shape index (κ1) is 23.1. The number of hydrazone groups is 1. The second kappa shape index (κ2) is 9.41. The van der Waals surface area contributed by atoms with E-state index in [0.717, 1.165) is 23.1 Å². The number of hydrogen-bond acceptors (Lipinski definition) is 5. The van der Waals surface area contributed by atoms with Crippen molar-refractivity contribution in [3.05, 3.63) is 85.8 Å². The minimum Gasteiger partial charge on any atom is -0.453 e. The smallest absolute Gasteiger partial charge is 0.379 e. The van der Waals surface area contributed by atoms with Gasteiger partial charge in [-0.2, -0.15) is 5.10 Å². The highest BCUT2D eigenvalue weighted by Gasteiger charge is 2.29. The number of amides is 1. The molecule has 170 valence electrons. The molecule has 6 nitrogen and oxygen atoms in total. The van der Waals surface area contributed by atoms with Crippen molar-refractivity contribution in [1.82, 2.24) is 5.43 Å². The number of fused-ring (bicyclic) bond motifs is 1. The van der Waals surface area contributed by atoms with E-state index in [4.69, 9.17) is 32.4 Å². The van der Waals surface area contributed by atoms with E-state index in [2.05, 4.69) is 10.5 Å². The van der Waals surface area contributed by atoms with E-state index in [0.29, 0.717) is 40.6 Å². The van der Waals surface area contributed by atoms with E-state index in [9.17, 15) is 9.59 Å². The van der Waals surface area contributed by atoms with Gasteiger partial charge in [-0.1, -0.05) is 29.3 Å². The molecule has 0 atom stereocenters. The van der Waals surface area contributed by atoms with Gasteiger partial charge in [-0.3, -0.25) is 4.79 Å². The van der Waals surface area contributed by atoms with E-state index < -0.39 is 11.9 Å². The van der Waals surface area contributed by atoms with Crippen LogP contribution in [0.5, 0.6) is 5.75 Å². The summed E-state index contributed by atoms with van der Waals surface area (Å²) in [6.07, 6.45) is 2.08. The molecule has 33 heavy (non-hydrogen) atoms. The first-order valence-electron chi connectivity index (χ1n) is 10.5. The Hall–Kier alpha value is -3.09. The zero-order valence-electron chi connectivity index (χ0n) is 18.4. The van der Waals surface area contributed by atoms with Gasteiger partial charge in [0.25, 0.3) is 5.91 Å². The number of furan rings is 1. The summed E-state index contributed by atoms with van der Waals surface area (Å²) in [5.74, 6) is 0.242. The number of carbonyl (C=O) groups is 2. The summed E-state index contributed by atoms with van der Waals surface area (Å²) in [7, 11) is 0. The van der Waals surface area contributed by atoms with Crippen molar-refractivity contribution in [3.8, 4) is 5.75 Å². The molecule has 1 N–H and O–H groups in total. The van der Waals surface area contributed by atoms with Crippen LogP contribution < -0.4 is 10.2 Å². The molecule has 4 rings (SSSR count). The molecule has 0 spiro atoms. The van der Waals surface area contributed by atoms with Crippen LogP contribution in [0.2, 0.25) is 10.0 Å². The van der Waals surface area contributed by atoms with Crippen molar-refractivity contribution in [1.29, 1.82) is 0 Å². The van der Waals surface area contributed by atoms with E-state index in [-0.39, 0.29) is 16.3 Å². The van der Waals surface area contributed by atoms with Crippen LogP contribution in [0.25, 0.3) is 0 Å². The molecule has 1 aliphatic rings. The number of aryl methyl sites for hydroxylation is 3. The number of ether oxygens (including phenoxy) is 1. The molecule has 1 amide bonds. The van der Waals surface area contributed by atoms with Gasteiger partial charge >= 0.3 is 5.97 Å². The van der Waals surface area contributed by atoms with Gasteiger partial charge in [0, 0.05) is 22.6 Å². The van der Waals surface area contributed by atoms with Crippen molar-refractivity contribution < 1.29 is 18.7 Å². The molecule has 3 aromatic rings. The topological polar surface area (TPSA) is 80.9 Å². The van der Waals surface area contributed by atoms with Crippen LogP contribution in [-0.4, -0.2) is 17.6 Å². The second-order valence-corrected chi connectivity index (χ2v) is 8.89. The van der Waals surface area contributed by atoms with Crippen molar-refractivity contribution in [2.24, 2.45) is 5.10 Å². The largest absolute Gasteiger partial charge is 0.453 e. The number of benzene rings is 2. The van der Waals surface area contributed by atoms with E-state index in [1.165, 1.54) is 12.1 Å². The van der Waals surface area contributed by atoms with Gasteiger partial charge in [-0.05, 0) is 75.1 Å². The van der Waals surface area contributed by atoms with Crippen LogP contribution >= 0.6 is 23.2 Å². The Bertz CT molecular complexity index is 1270. The fraction of sp³-hybridized carbons (Fsp3) is 0.240. The average molecular weight is 485 g/mol. The highest BCUT2D eigenvalue weighted by Crippen LogP contribution is 2.31. The number of hydrogen-bond donors (Lipinski definition) is 1. The lowest BCUT2D eigenvalue weighted by molar-refractivity contribution is 0.0698. The van der Waals surface area contributed by atoms with Crippen LogP contribution in [-0.2, 0) is 6.42 Å². The molecular formula is C25H22Cl2N2O4. The number of esters is 1. The third-order valence-electron chi connectivity index (χ3n) is 5.39. The fourth-order valence-electron chi connectivity index (χ4n) is 3.97. The van der Waals surface area contributed by atoms with E-state index in [1.807, 2.05) is 19.9 Å². The van der Waals surface area contributed by atoms with Crippen LogP contribution in [0.4, 0.5) is 0 Å². The van der Waals surface area contributed by atoms with Crippen molar-refractivity contribution in [2.45, 2.75) is 40.0 Å². The molecule has 0 unspecified atom stereocenters. The highest BCUT2D eigenvalue weighted by molar-refractivity contribution is 6.36. The van der Waals surface area contributed by atoms with Gasteiger partial charge < -0.3 is 9.15 Å². The molecule has 1 aliphatic carbocycles. The second-order valence-electron chi connectivity index (χ2n) is 8.04. The predicted octanol–water partition coefficient (Wildman–Crippen LogP) is 6.20. The van der Waals surface area contributed by atoms with Gasteiger partial charge in [0.15, 0.2) is 0 Å². The zero-order chi connectivity index (χ0) is 23.7. The minimum absolute atomic E-state index is 0.140. The maximum atomic E-state index is 12.8. The number of nitrogens with zero attached hydrogens (tertiary/aromatic N) is 1. The summed E-state index contributed by atoms with van der Waals surface area (Å²) in [6, 6.07) is 10.2. The first-order valence-corrected chi connectivity index (χ1v) is 11.2. The molecule has 0 saturated carbocycles. The molecule has 2 aromatic carbocycles. The summed E-state index contributed by atoms with van der Waals surface area (Å²) in [5, 5.41) is 4.99. The zero-order valence-corrected chi connectivity index (χ0v) is 19.9. The summed E-state index contributed by atoms with van der Waals surface area (Å²) in [4.78, 5) is 25.4. The third kappa shape index (κ3) is 4.97. The first-order chi connectivity index (χ1) is 15.7. The number of rotatable bonds is 4. The van der Waals surface area contributed by atoms with Gasteiger partial charge in [0.2, 0.25) is 5.76 Å². The van der Waals surface area contributed by atoms with Crippen LogP contribution in [0.1, 0.15) is 61.8 Å². The maximum Gasteiger partial charge on any atom is 0.379 e. The minimum atomic E-state index is -0.566. The van der Waals surface area contributed by atoms with Crippen LogP contribution in [0, 0.1) is 20.8 Å². The predicted molar refractivity (Wildman–Crippen MR) is 128 cm³/mol. The standard InChI is InChI=1S/C25H22Cl2N2O4/c1-13-9-14(2)11-17(10-13)32-25(31)23-15(3)22-20(5-4-6-21(22)33-23)28-29-24(30)18-8-7-16(26)12-19(18)27/h7-12H,4-6H2,1-3H3,(H,29,30)/b28-20+. The molecule has 0 radical (unpaired) electrons. The van der Waals surface area contributed by atoms with Gasteiger partial charge in [0.1, 0.15) is 11.5 Å². The molecule has 0 bridgehead atoms. The SMILES string of the molecule is Cc1cc(C)cc(OC(=O)c2oc3c(c2C)/C(=N/NC(=O)c2ccc(Cl)cc2Cl)CCC3)c1. The summed E-state index contributed by atoms with van der Waals surface area (Å²) >= 11 is 12.0. The summed E-state index contributed by atoms with van der Waals surface area (Å²) < 4.78 is 11.4. The molecule has 1 heterocycles. The van der Waals surface area contributed by atoms with Crippen LogP contribution in [0.15, 0.2) is 45.9 Å². The Morgan fingerprint density at radius 1 is 1.03 bits per heavy atom. The lowest BCUT2D eigenvalue weighted by Gasteiger charge is -2.13. The normalized spacial score (nSPS) is 14.2. The Balaban J connectivity index is 1.58. The lowest BCUT2D eigenvalue weighted by Crippen LogP contribution is -2.22. The maximum absolute atomic E-state index is 12.8. The quantitative estimate of drug-likeness (QED) is 0.271. The van der Waals surface area contributed by atoms with Gasteiger partial charge in [-0.25, -0.2) is 10.2 Å². The third-order valence-corrected chi connectivity index (χ3v) is 5.93. The van der Waals surface area contributed by atoms with Crippen LogP contribution in [0.3, 0.4) is 0 Å². The summed E-state index contributed by atoms with van der Waals surface area (Å²) in [6.45, 7) is 5.67. The Kier molecular flexibility index (Phi) is 6.58. The Morgan fingerprint density at radius 3 is 2.45 bits per heavy atom. The molecule has 0 saturated heterocycles. The molecule has 0 fully saturated rings. The highest BCUT2D eigenvalue weighted by atomic mass is 35.5. The number of halogens is 2. The van der Waals surface area contributed by atoms with Gasteiger partial charge in [0.05, 0.1) is 16.3 Å². The lowest BCUT2D eigenvalue weighted by atomic mass is 9.93. The Morgan fingerprint density at radius 2 is 1.76 bits per heavy atom. The molecule has 1 aromatic heterocycles. The van der Waals surface area contributed by atoms with Crippen molar-refractivity contribution in [2.75, 3.05) is 0 Å². The molecule has 8 heteroatoms.